The van der Waals surface area contributed by atoms with Gasteiger partial charge in [-0.05, 0) is 53.4 Å². The van der Waals surface area contributed by atoms with Crippen LogP contribution in [0.2, 0.25) is 0 Å². The highest BCUT2D eigenvalue weighted by Gasteiger charge is 2.38. The number of piperidine rings is 1. The molecule has 1 saturated heterocycles. The second kappa shape index (κ2) is 6.37. The predicted octanol–water partition coefficient (Wildman–Crippen LogP) is 1.72. The SMILES string of the molecule is CC1(C)CC(NC(=O)C(=O)Nc2cnc(C3CC3)nc2)CC(C)(C)N1. The number of nitrogens with zero attached hydrogens (tertiary/aromatic N) is 2. The van der Waals surface area contributed by atoms with Gasteiger partial charge in [0, 0.05) is 23.0 Å². The molecule has 0 radical (unpaired) electrons. The molecule has 1 saturated carbocycles. The van der Waals surface area contributed by atoms with Crippen molar-refractivity contribution >= 4 is 17.5 Å². The van der Waals surface area contributed by atoms with E-state index in [2.05, 4.69) is 53.6 Å². The van der Waals surface area contributed by atoms with Gasteiger partial charge in [0.25, 0.3) is 0 Å². The van der Waals surface area contributed by atoms with Gasteiger partial charge < -0.3 is 16.0 Å². The van der Waals surface area contributed by atoms with Crippen LogP contribution < -0.4 is 16.0 Å². The first-order valence-electron chi connectivity index (χ1n) is 8.87. The van der Waals surface area contributed by atoms with E-state index in [1.54, 1.807) is 12.4 Å². The zero-order chi connectivity index (χ0) is 18.2. The van der Waals surface area contributed by atoms with E-state index >= 15 is 0 Å². The minimum absolute atomic E-state index is 0.0435. The van der Waals surface area contributed by atoms with Crippen molar-refractivity contribution in [2.24, 2.45) is 0 Å². The van der Waals surface area contributed by atoms with Crippen LogP contribution in [0.3, 0.4) is 0 Å². The van der Waals surface area contributed by atoms with Gasteiger partial charge in [-0.2, -0.15) is 0 Å². The molecule has 1 aromatic rings. The fourth-order valence-electron chi connectivity index (χ4n) is 3.82. The van der Waals surface area contributed by atoms with Gasteiger partial charge in [-0.15, -0.1) is 0 Å². The number of rotatable bonds is 3. The number of anilines is 1. The summed E-state index contributed by atoms with van der Waals surface area (Å²) in [5.74, 6) is -0.0389. The Hall–Kier alpha value is -2.02. The molecule has 0 aromatic carbocycles. The van der Waals surface area contributed by atoms with Gasteiger partial charge in [-0.3, -0.25) is 9.59 Å². The van der Waals surface area contributed by atoms with E-state index in [1.807, 2.05) is 0 Å². The van der Waals surface area contributed by atoms with E-state index in [9.17, 15) is 9.59 Å². The van der Waals surface area contributed by atoms with Crippen LogP contribution in [0.25, 0.3) is 0 Å². The first kappa shape index (κ1) is 17.8. The van der Waals surface area contributed by atoms with Crippen molar-refractivity contribution in [3.63, 3.8) is 0 Å². The summed E-state index contributed by atoms with van der Waals surface area (Å²) in [7, 11) is 0. The summed E-state index contributed by atoms with van der Waals surface area (Å²) >= 11 is 0. The highest BCUT2D eigenvalue weighted by molar-refractivity contribution is 6.39. The van der Waals surface area contributed by atoms with Gasteiger partial charge in [0.2, 0.25) is 0 Å². The van der Waals surface area contributed by atoms with Gasteiger partial charge in [0.15, 0.2) is 0 Å². The van der Waals surface area contributed by atoms with Crippen molar-refractivity contribution in [1.82, 2.24) is 20.6 Å². The fraction of sp³-hybridized carbons (Fsp3) is 0.667. The zero-order valence-corrected chi connectivity index (χ0v) is 15.3. The summed E-state index contributed by atoms with van der Waals surface area (Å²) in [6.07, 6.45) is 6.91. The number of hydrogen-bond acceptors (Lipinski definition) is 5. The molecule has 2 fully saturated rings. The average molecular weight is 345 g/mol. The van der Waals surface area contributed by atoms with Crippen LogP contribution >= 0.6 is 0 Å². The summed E-state index contributed by atoms with van der Waals surface area (Å²) < 4.78 is 0. The summed E-state index contributed by atoms with van der Waals surface area (Å²) in [6, 6.07) is -0.0435. The summed E-state index contributed by atoms with van der Waals surface area (Å²) in [4.78, 5) is 32.9. The Balaban J connectivity index is 1.56. The van der Waals surface area contributed by atoms with Crippen LogP contribution in [-0.2, 0) is 9.59 Å². The number of hydrogen-bond donors (Lipinski definition) is 3. The molecule has 1 aromatic heterocycles. The smallest absolute Gasteiger partial charge is 0.313 e. The van der Waals surface area contributed by atoms with Crippen LogP contribution in [0.15, 0.2) is 12.4 Å². The Morgan fingerprint density at radius 3 is 2.12 bits per heavy atom. The Bertz CT molecular complexity index is 649. The fourth-order valence-corrected chi connectivity index (χ4v) is 3.82. The third-order valence-corrected chi connectivity index (χ3v) is 4.60. The molecular weight excluding hydrogens is 318 g/mol. The Labute approximate surface area is 148 Å². The molecule has 0 bridgehead atoms. The molecule has 1 aliphatic carbocycles. The van der Waals surface area contributed by atoms with Crippen LogP contribution in [0.1, 0.15) is 65.1 Å². The number of amides is 2. The average Bonchev–Trinajstić information content (AvgIpc) is 3.29. The quantitative estimate of drug-likeness (QED) is 0.725. The Morgan fingerprint density at radius 1 is 1.04 bits per heavy atom. The van der Waals surface area contributed by atoms with E-state index in [0.717, 1.165) is 31.5 Å². The molecule has 1 aliphatic heterocycles. The van der Waals surface area contributed by atoms with E-state index in [-0.39, 0.29) is 17.1 Å². The molecule has 7 nitrogen and oxygen atoms in total. The largest absolute Gasteiger partial charge is 0.345 e. The van der Waals surface area contributed by atoms with Crippen molar-refractivity contribution in [2.45, 2.75) is 76.4 Å². The van der Waals surface area contributed by atoms with Crippen molar-refractivity contribution < 1.29 is 9.59 Å². The third-order valence-electron chi connectivity index (χ3n) is 4.60. The van der Waals surface area contributed by atoms with E-state index < -0.39 is 11.8 Å². The zero-order valence-electron chi connectivity index (χ0n) is 15.3. The highest BCUT2D eigenvalue weighted by Crippen LogP contribution is 2.37. The first-order valence-corrected chi connectivity index (χ1v) is 8.87. The van der Waals surface area contributed by atoms with Gasteiger partial charge in [-0.25, -0.2) is 9.97 Å². The molecule has 3 rings (SSSR count). The maximum Gasteiger partial charge on any atom is 0.313 e. The molecule has 0 spiro atoms. The lowest BCUT2D eigenvalue weighted by molar-refractivity contribution is -0.137. The lowest BCUT2D eigenvalue weighted by Crippen LogP contribution is -2.62. The first-order chi connectivity index (χ1) is 11.6. The lowest BCUT2D eigenvalue weighted by Gasteiger charge is -2.46. The van der Waals surface area contributed by atoms with Crippen LogP contribution in [0.4, 0.5) is 5.69 Å². The number of nitrogens with one attached hydrogen (secondary N) is 3. The second-order valence-corrected chi connectivity index (χ2v) is 8.53. The van der Waals surface area contributed by atoms with Gasteiger partial charge in [-0.1, -0.05) is 0 Å². The topological polar surface area (TPSA) is 96.0 Å². The van der Waals surface area contributed by atoms with Crippen molar-refractivity contribution in [1.29, 1.82) is 0 Å². The van der Waals surface area contributed by atoms with Gasteiger partial charge >= 0.3 is 11.8 Å². The van der Waals surface area contributed by atoms with Crippen LogP contribution in [-0.4, -0.2) is 38.9 Å². The molecule has 25 heavy (non-hydrogen) atoms. The van der Waals surface area contributed by atoms with Gasteiger partial charge in [0.05, 0.1) is 18.1 Å². The molecule has 2 aliphatic rings. The molecule has 0 atom stereocenters. The van der Waals surface area contributed by atoms with Crippen molar-refractivity contribution in [3.05, 3.63) is 18.2 Å². The summed E-state index contributed by atoms with van der Waals surface area (Å²) in [5.41, 5.74) is 0.251. The maximum atomic E-state index is 12.2. The molecule has 0 unspecified atom stereocenters. The van der Waals surface area contributed by atoms with Crippen LogP contribution in [0, 0.1) is 0 Å². The molecule has 2 amide bonds. The highest BCUT2D eigenvalue weighted by atomic mass is 16.2. The second-order valence-electron chi connectivity index (χ2n) is 8.53. The summed E-state index contributed by atoms with van der Waals surface area (Å²) in [6.45, 7) is 8.41. The molecule has 2 heterocycles. The molecular formula is C18H27N5O2. The van der Waals surface area contributed by atoms with E-state index in [4.69, 9.17) is 0 Å². The third kappa shape index (κ3) is 4.75. The molecule has 136 valence electrons. The minimum Gasteiger partial charge on any atom is -0.345 e. The van der Waals surface area contributed by atoms with Gasteiger partial charge in [0.1, 0.15) is 5.82 Å². The van der Waals surface area contributed by atoms with Crippen molar-refractivity contribution in [2.75, 3.05) is 5.32 Å². The monoisotopic (exact) mass is 345 g/mol. The predicted molar refractivity (Wildman–Crippen MR) is 95.1 cm³/mol. The lowest BCUT2D eigenvalue weighted by atomic mass is 9.79. The normalized spacial score (nSPS) is 22.2. The molecule has 7 heteroatoms. The molecule has 3 N–H and O–H groups in total. The number of carbonyl (C=O) groups excluding carboxylic acids is 2. The van der Waals surface area contributed by atoms with E-state index in [0.29, 0.717) is 11.6 Å². The Morgan fingerprint density at radius 2 is 1.60 bits per heavy atom. The van der Waals surface area contributed by atoms with E-state index in [1.165, 1.54) is 0 Å². The van der Waals surface area contributed by atoms with Crippen LogP contribution in [0.5, 0.6) is 0 Å². The minimum atomic E-state index is -0.683. The Kier molecular flexibility index (Phi) is 4.53. The number of carbonyl (C=O) groups is 2. The standard InChI is InChI=1S/C18H27N5O2/c1-17(2)7-12(8-18(3,4)23-17)21-15(24)16(25)22-13-9-19-14(20-10-13)11-5-6-11/h9-12,23H,5-8H2,1-4H3,(H,21,24)(H,22,25). The van der Waals surface area contributed by atoms with Crippen molar-refractivity contribution in [3.8, 4) is 0 Å². The number of aromatic nitrogens is 2. The maximum absolute atomic E-state index is 12.2. The summed E-state index contributed by atoms with van der Waals surface area (Å²) in [5, 5.41) is 8.98.